The molecule has 0 aromatic heterocycles. The number of hydrogen-bond acceptors (Lipinski definition) is 3. The first-order valence-electron chi connectivity index (χ1n) is 2.96. The van der Waals surface area contributed by atoms with Gasteiger partial charge in [0.25, 0.3) is 0 Å². The predicted octanol–water partition coefficient (Wildman–Crippen LogP) is 0.430. The summed E-state index contributed by atoms with van der Waals surface area (Å²) >= 11 is 0. The molecule has 1 heterocycles. The highest BCUT2D eigenvalue weighted by Crippen LogP contribution is 1.88. The molecule has 0 aromatic carbocycles. The van der Waals surface area contributed by atoms with E-state index < -0.39 is 0 Å². The number of nitrogens with one attached hydrogen (secondary N) is 1. The van der Waals surface area contributed by atoms with Crippen LogP contribution in [0.2, 0.25) is 0 Å². The van der Waals surface area contributed by atoms with E-state index in [1.165, 1.54) is 0 Å². The Bertz CT molecular complexity index is 89.7. The van der Waals surface area contributed by atoms with Gasteiger partial charge in [0.15, 0.2) is 0 Å². The fourth-order valence-electron chi connectivity index (χ4n) is 0.676. The van der Waals surface area contributed by atoms with Crippen LogP contribution >= 0.6 is 0 Å². The van der Waals surface area contributed by atoms with Crippen LogP contribution < -0.4 is 5.32 Å². The molecule has 0 saturated carbocycles. The summed E-state index contributed by atoms with van der Waals surface area (Å²) in [5, 5.41) is 11.1. The number of hydrogen-bond donors (Lipinski definition) is 1. The zero-order chi connectivity index (χ0) is 5.82. The van der Waals surface area contributed by atoms with E-state index in [0.717, 1.165) is 19.6 Å². The summed E-state index contributed by atoms with van der Waals surface area (Å²) in [6, 6.07) is 0.515. The molecule has 0 amide bonds. The lowest BCUT2D eigenvalue weighted by Crippen LogP contribution is -2.28. The first-order chi connectivity index (χ1) is 3.89. The van der Waals surface area contributed by atoms with E-state index in [-0.39, 0.29) is 0 Å². The van der Waals surface area contributed by atoms with E-state index in [9.17, 15) is 0 Å². The van der Waals surface area contributed by atoms with Crippen LogP contribution in [0.15, 0.2) is 10.2 Å². The molecule has 3 heteroatoms. The third-order valence-electron chi connectivity index (χ3n) is 1.16. The van der Waals surface area contributed by atoms with Crippen molar-refractivity contribution >= 4 is 0 Å². The van der Waals surface area contributed by atoms with Crippen LogP contribution in [-0.4, -0.2) is 25.7 Å². The van der Waals surface area contributed by atoms with Gasteiger partial charge in [-0.15, -0.1) is 0 Å². The van der Waals surface area contributed by atoms with E-state index in [0.29, 0.717) is 6.04 Å². The van der Waals surface area contributed by atoms with Gasteiger partial charge in [0.2, 0.25) is 0 Å². The molecule has 0 aliphatic carbocycles. The maximum absolute atomic E-state index is 3.91. The first kappa shape index (κ1) is 5.69. The van der Waals surface area contributed by atoms with Gasteiger partial charge in [-0.1, -0.05) is 0 Å². The van der Waals surface area contributed by atoms with Gasteiger partial charge in [-0.3, -0.25) is 0 Å². The Balaban J connectivity index is 2.30. The SMILES string of the molecule is C[C@H]1CN=NCCN1. The summed E-state index contributed by atoms with van der Waals surface area (Å²) in [5.74, 6) is 0. The molecule has 0 unspecified atom stereocenters. The number of rotatable bonds is 0. The molecule has 1 aliphatic heterocycles. The van der Waals surface area contributed by atoms with E-state index in [2.05, 4.69) is 22.5 Å². The molecule has 1 aliphatic rings. The van der Waals surface area contributed by atoms with E-state index in [4.69, 9.17) is 0 Å². The largest absolute Gasteiger partial charge is 0.310 e. The van der Waals surface area contributed by atoms with Crippen LogP contribution in [0.4, 0.5) is 0 Å². The average Bonchev–Trinajstić information content (AvgIpc) is 1.94. The van der Waals surface area contributed by atoms with Gasteiger partial charge in [0.05, 0.1) is 13.1 Å². The Kier molecular flexibility index (Phi) is 1.97. The summed E-state index contributed by atoms with van der Waals surface area (Å²) in [7, 11) is 0. The van der Waals surface area contributed by atoms with Crippen molar-refractivity contribution < 1.29 is 0 Å². The standard InChI is InChI=1S/C5H11N3/c1-5-4-8-7-3-2-6-5/h5-6H,2-4H2,1H3/t5-/m0/s1. The lowest BCUT2D eigenvalue weighted by Gasteiger charge is -2.03. The molecule has 1 atom stereocenters. The second-order valence-corrected chi connectivity index (χ2v) is 2.04. The minimum atomic E-state index is 0.515. The molecule has 1 N–H and O–H groups in total. The molecule has 3 nitrogen and oxygen atoms in total. The Labute approximate surface area is 49.2 Å². The highest BCUT2D eigenvalue weighted by atomic mass is 15.2. The van der Waals surface area contributed by atoms with Crippen molar-refractivity contribution in [3.63, 3.8) is 0 Å². The summed E-state index contributed by atoms with van der Waals surface area (Å²) in [6.45, 7) is 4.76. The topological polar surface area (TPSA) is 36.8 Å². The molecule has 0 saturated heterocycles. The number of nitrogens with zero attached hydrogens (tertiary/aromatic N) is 2. The lowest BCUT2D eigenvalue weighted by atomic mass is 10.3. The molecular weight excluding hydrogens is 102 g/mol. The Morgan fingerprint density at radius 3 is 3.25 bits per heavy atom. The van der Waals surface area contributed by atoms with Gasteiger partial charge in [-0.25, -0.2) is 0 Å². The van der Waals surface area contributed by atoms with Crippen LogP contribution in [0.1, 0.15) is 6.92 Å². The van der Waals surface area contributed by atoms with Gasteiger partial charge < -0.3 is 5.32 Å². The third kappa shape index (κ3) is 1.58. The molecule has 46 valence electrons. The fraction of sp³-hybridized carbons (Fsp3) is 1.00. The zero-order valence-corrected chi connectivity index (χ0v) is 5.09. The molecule has 0 fully saturated rings. The van der Waals surface area contributed by atoms with Crippen LogP contribution in [0.3, 0.4) is 0 Å². The van der Waals surface area contributed by atoms with Crippen molar-refractivity contribution in [1.29, 1.82) is 0 Å². The monoisotopic (exact) mass is 113 g/mol. The summed E-state index contributed by atoms with van der Waals surface area (Å²) in [5.41, 5.74) is 0. The third-order valence-corrected chi connectivity index (χ3v) is 1.16. The van der Waals surface area contributed by atoms with Crippen LogP contribution in [0.5, 0.6) is 0 Å². The van der Waals surface area contributed by atoms with Gasteiger partial charge in [-0.05, 0) is 6.92 Å². The van der Waals surface area contributed by atoms with Gasteiger partial charge >= 0.3 is 0 Å². The second-order valence-electron chi connectivity index (χ2n) is 2.04. The molecule has 0 bridgehead atoms. The number of azo groups is 1. The van der Waals surface area contributed by atoms with Crippen LogP contribution in [0.25, 0.3) is 0 Å². The summed E-state index contributed by atoms with van der Waals surface area (Å²) in [4.78, 5) is 0. The van der Waals surface area contributed by atoms with Gasteiger partial charge in [0, 0.05) is 12.6 Å². The Hall–Kier alpha value is -0.440. The fourth-order valence-corrected chi connectivity index (χ4v) is 0.676. The first-order valence-corrected chi connectivity index (χ1v) is 2.96. The normalized spacial score (nSPS) is 29.9. The lowest BCUT2D eigenvalue weighted by molar-refractivity contribution is 0.589. The van der Waals surface area contributed by atoms with Gasteiger partial charge in [-0.2, -0.15) is 10.2 Å². The van der Waals surface area contributed by atoms with Crippen molar-refractivity contribution in [3.8, 4) is 0 Å². The van der Waals surface area contributed by atoms with Crippen molar-refractivity contribution in [2.45, 2.75) is 13.0 Å². The summed E-state index contributed by atoms with van der Waals surface area (Å²) < 4.78 is 0. The molecule has 0 spiro atoms. The Morgan fingerprint density at radius 2 is 2.38 bits per heavy atom. The van der Waals surface area contributed by atoms with Gasteiger partial charge in [0.1, 0.15) is 0 Å². The molecule has 1 rings (SSSR count). The van der Waals surface area contributed by atoms with E-state index in [1.54, 1.807) is 0 Å². The zero-order valence-electron chi connectivity index (χ0n) is 5.09. The van der Waals surface area contributed by atoms with Crippen molar-refractivity contribution in [1.82, 2.24) is 5.32 Å². The minimum absolute atomic E-state index is 0.515. The van der Waals surface area contributed by atoms with Crippen LogP contribution in [0, 0.1) is 0 Å². The maximum Gasteiger partial charge on any atom is 0.0749 e. The highest BCUT2D eigenvalue weighted by molar-refractivity contribution is 4.65. The van der Waals surface area contributed by atoms with Crippen LogP contribution in [-0.2, 0) is 0 Å². The van der Waals surface area contributed by atoms with Crippen molar-refractivity contribution in [2.75, 3.05) is 19.6 Å². The molecule has 0 radical (unpaired) electrons. The quantitative estimate of drug-likeness (QED) is 0.486. The minimum Gasteiger partial charge on any atom is -0.310 e. The molecular formula is C5H11N3. The molecule has 0 aromatic rings. The summed E-state index contributed by atoms with van der Waals surface area (Å²) in [6.07, 6.45) is 0. The second kappa shape index (κ2) is 2.77. The van der Waals surface area contributed by atoms with E-state index >= 15 is 0 Å². The maximum atomic E-state index is 3.91. The van der Waals surface area contributed by atoms with E-state index in [1.807, 2.05) is 0 Å². The predicted molar refractivity (Wildman–Crippen MR) is 32.1 cm³/mol. The van der Waals surface area contributed by atoms with Crippen molar-refractivity contribution in [2.24, 2.45) is 10.2 Å². The Morgan fingerprint density at radius 1 is 1.50 bits per heavy atom. The molecule has 8 heavy (non-hydrogen) atoms. The highest BCUT2D eigenvalue weighted by Gasteiger charge is 2.00. The smallest absolute Gasteiger partial charge is 0.0749 e. The van der Waals surface area contributed by atoms with Crippen molar-refractivity contribution in [3.05, 3.63) is 0 Å². The average molecular weight is 113 g/mol.